The molecule has 4 atom stereocenters. The third-order valence-corrected chi connectivity index (χ3v) is 4.61. The molecule has 0 radical (unpaired) electrons. The molecule has 3 heteroatoms. The Morgan fingerprint density at radius 2 is 2.31 bits per heavy atom. The smallest absolute Gasteiger partial charge is 0.341 e. The van der Waals surface area contributed by atoms with Crippen LogP contribution in [0.15, 0.2) is 0 Å². The summed E-state index contributed by atoms with van der Waals surface area (Å²) in [5, 5.41) is 0. The molecule has 1 saturated heterocycles. The van der Waals surface area contributed by atoms with Crippen molar-refractivity contribution in [2.24, 2.45) is 11.8 Å². The number of hydrogen-bond donors (Lipinski definition) is 0. The summed E-state index contributed by atoms with van der Waals surface area (Å²) in [4.78, 5) is 12.1. The molecule has 0 amide bonds. The molecular formula is C13H20O3. The molecule has 2 saturated carbocycles. The van der Waals surface area contributed by atoms with Gasteiger partial charge in [-0.05, 0) is 44.4 Å². The number of ether oxygens (including phenoxy) is 2. The van der Waals surface area contributed by atoms with Gasteiger partial charge in [0, 0.05) is 0 Å². The van der Waals surface area contributed by atoms with E-state index in [1.165, 1.54) is 12.8 Å². The van der Waals surface area contributed by atoms with E-state index >= 15 is 0 Å². The second-order valence-electron chi connectivity index (χ2n) is 5.43. The summed E-state index contributed by atoms with van der Waals surface area (Å²) in [6, 6.07) is 0. The Balaban J connectivity index is 1.81. The minimum atomic E-state index is -0.562. The summed E-state index contributed by atoms with van der Waals surface area (Å²) < 4.78 is 11.2. The van der Waals surface area contributed by atoms with Crippen molar-refractivity contribution in [1.29, 1.82) is 0 Å². The molecule has 1 spiro atoms. The molecule has 0 aromatic rings. The van der Waals surface area contributed by atoms with Crippen LogP contribution in [0.4, 0.5) is 0 Å². The van der Waals surface area contributed by atoms with Gasteiger partial charge in [-0.2, -0.15) is 0 Å². The highest BCUT2D eigenvalue weighted by Crippen LogP contribution is 2.72. The van der Waals surface area contributed by atoms with Crippen LogP contribution in [0.2, 0.25) is 0 Å². The van der Waals surface area contributed by atoms with Crippen molar-refractivity contribution >= 4 is 5.97 Å². The molecule has 0 bridgehead atoms. The standard InChI is InChI=1S/C13H20O3/c1-3-6-13(11(14)15-4-2)12(16-13)7-5-9-8-10(9)12/h9-10H,3-8H2,1-2H3. The average Bonchev–Trinajstić information content (AvgIpc) is 3.10. The molecule has 0 aromatic carbocycles. The molecule has 0 aromatic heterocycles. The van der Waals surface area contributed by atoms with Gasteiger partial charge in [-0.15, -0.1) is 0 Å². The first-order chi connectivity index (χ1) is 7.70. The SMILES string of the molecule is CCCC1(C(=O)OCC)OC12CCC1CC12. The first kappa shape index (κ1) is 10.6. The molecule has 3 nitrogen and oxygen atoms in total. The van der Waals surface area contributed by atoms with Crippen LogP contribution in [-0.2, 0) is 14.3 Å². The summed E-state index contributed by atoms with van der Waals surface area (Å²) in [6.07, 6.45) is 5.40. The zero-order chi connectivity index (χ0) is 11.4. The van der Waals surface area contributed by atoms with Crippen LogP contribution >= 0.6 is 0 Å². The number of esters is 1. The predicted molar refractivity (Wildman–Crippen MR) is 58.9 cm³/mol. The van der Waals surface area contributed by atoms with Gasteiger partial charge in [-0.25, -0.2) is 4.79 Å². The van der Waals surface area contributed by atoms with Gasteiger partial charge in [0.2, 0.25) is 0 Å². The first-order valence-corrected chi connectivity index (χ1v) is 6.57. The van der Waals surface area contributed by atoms with E-state index < -0.39 is 5.60 Å². The van der Waals surface area contributed by atoms with E-state index in [9.17, 15) is 4.79 Å². The van der Waals surface area contributed by atoms with Crippen LogP contribution in [0.25, 0.3) is 0 Å². The Kier molecular flexibility index (Phi) is 2.13. The van der Waals surface area contributed by atoms with Crippen LogP contribution in [0, 0.1) is 11.8 Å². The third-order valence-electron chi connectivity index (χ3n) is 4.61. The fourth-order valence-electron chi connectivity index (χ4n) is 3.82. The lowest BCUT2D eigenvalue weighted by Gasteiger charge is -2.15. The van der Waals surface area contributed by atoms with Crippen molar-refractivity contribution in [3.63, 3.8) is 0 Å². The van der Waals surface area contributed by atoms with Crippen LogP contribution < -0.4 is 0 Å². The lowest BCUT2D eigenvalue weighted by atomic mass is 9.85. The Hall–Kier alpha value is -0.570. The average molecular weight is 224 g/mol. The first-order valence-electron chi connectivity index (χ1n) is 6.57. The molecule has 3 rings (SSSR count). The molecule has 1 heterocycles. The Morgan fingerprint density at radius 1 is 1.50 bits per heavy atom. The van der Waals surface area contributed by atoms with Gasteiger partial charge in [0.1, 0.15) is 5.60 Å². The summed E-state index contributed by atoms with van der Waals surface area (Å²) in [6.45, 7) is 4.43. The number of rotatable bonds is 4. The number of carbonyl (C=O) groups is 1. The maximum atomic E-state index is 12.1. The molecule has 0 N–H and O–H groups in total. The number of carbonyl (C=O) groups excluding carboxylic acids is 1. The van der Waals surface area contributed by atoms with E-state index in [1.807, 2.05) is 6.92 Å². The Morgan fingerprint density at radius 3 is 2.81 bits per heavy atom. The summed E-state index contributed by atoms with van der Waals surface area (Å²) in [5.41, 5.74) is -0.673. The van der Waals surface area contributed by atoms with Crippen LogP contribution in [0.3, 0.4) is 0 Å². The van der Waals surface area contributed by atoms with Crippen molar-refractivity contribution in [1.82, 2.24) is 0 Å². The fourth-order valence-corrected chi connectivity index (χ4v) is 3.82. The maximum Gasteiger partial charge on any atom is 0.341 e. The van der Waals surface area contributed by atoms with Crippen molar-refractivity contribution in [3.8, 4) is 0 Å². The van der Waals surface area contributed by atoms with Gasteiger partial charge >= 0.3 is 5.97 Å². The monoisotopic (exact) mass is 224 g/mol. The number of fused-ring (bicyclic) bond motifs is 2. The van der Waals surface area contributed by atoms with Gasteiger partial charge in [0.25, 0.3) is 0 Å². The highest BCUT2D eigenvalue weighted by molar-refractivity contribution is 5.85. The van der Waals surface area contributed by atoms with E-state index in [1.54, 1.807) is 0 Å². The highest BCUT2D eigenvalue weighted by atomic mass is 16.7. The van der Waals surface area contributed by atoms with Crippen LogP contribution in [-0.4, -0.2) is 23.8 Å². The van der Waals surface area contributed by atoms with Gasteiger partial charge in [0.05, 0.1) is 6.61 Å². The van der Waals surface area contributed by atoms with E-state index in [0.29, 0.717) is 12.5 Å². The fraction of sp³-hybridized carbons (Fsp3) is 0.923. The van der Waals surface area contributed by atoms with Crippen LogP contribution in [0.5, 0.6) is 0 Å². The van der Waals surface area contributed by atoms with Gasteiger partial charge in [-0.3, -0.25) is 0 Å². The molecule has 3 aliphatic rings. The largest absolute Gasteiger partial charge is 0.464 e. The molecule has 2 aliphatic carbocycles. The zero-order valence-electron chi connectivity index (χ0n) is 10.1. The second kappa shape index (κ2) is 3.22. The van der Waals surface area contributed by atoms with Gasteiger partial charge < -0.3 is 9.47 Å². The number of hydrogen-bond acceptors (Lipinski definition) is 3. The molecule has 4 unspecified atom stereocenters. The lowest BCUT2D eigenvalue weighted by Crippen LogP contribution is -2.36. The molecule has 3 fully saturated rings. The van der Waals surface area contributed by atoms with E-state index in [0.717, 1.165) is 25.2 Å². The summed E-state index contributed by atoms with van der Waals surface area (Å²) in [5.74, 6) is 1.39. The Bertz CT molecular complexity index is 327. The minimum absolute atomic E-state index is 0.107. The zero-order valence-corrected chi connectivity index (χ0v) is 10.1. The van der Waals surface area contributed by atoms with E-state index in [4.69, 9.17) is 9.47 Å². The van der Waals surface area contributed by atoms with E-state index in [2.05, 4.69) is 6.92 Å². The van der Waals surface area contributed by atoms with Gasteiger partial charge in [-0.1, -0.05) is 13.3 Å². The Labute approximate surface area is 96.5 Å². The molecule has 16 heavy (non-hydrogen) atoms. The predicted octanol–water partition coefficient (Wildman–Crippen LogP) is 2.29. The maximum absolute atomic E-state index is 12.1. The number of epoxide rings is 1. The van der Waals surface area contributed by atoms with Gasteiger partial charge in [0.15, 0.2) is 5.60 Å². The van der Waals surface area contributed by atoms with Crippen molar-refractivity contribution in [2.45, 2.75) is 57.2 Å². The lowest BCUT2D eigenvalue weighted by molar-refractivity contribution is -0.149. The normalized spacial score (nSPS) is 47.9. The second-order valence-corrected chi connectivity index (χ2v) is 5.43. The molecular weight excluding hydrogens is 204 g/mol. The summed E-state index contributed by atoms with van der Waals surface area (Å²) >= 11 is 0. The summed E-state index contributed by atoms with van der Waals surface area (Å²) in [7, 11) is 0. The van der Waals surface area contributed by atoms with E-state index in [-0.39, 0.29) is 11.6 Å². The van der Waals surface area contributed by atoms with Crippen LogP contribution in [0.1, 0.15) is 46.0 Å². The topological polar surface area (TPSA) is 38.8 Å². The minimum Gasteiger partial charge on any atom is -0.464 e. The highest BCUT2D eigenvalue weighted by Gasteiger charge is 2.83. The quantitative estimate of drug-likeness (QED) is 0.543. The molecule has 90 valence electrons. The van der Waals surface area contributed by atoms with Crippen molar-refractivity contribution in [3.05, 3.63) is 0 Å². The van der Waals surface area contributed by atoms with Crippen molar-refractivity contribution in [2.75, 3.05) is 6.61 Å². The van der Waals surface area contributed by atoms with Crippen molar-refractivity contribution < 1.29 is 14.3 Å². The third kappa shape index (κ3) is 1.10. The molecule has 1 aliphatic heterocycles.